The van der Waals surface area contributed by atoms with Gasteiger partial charge in [-0.3, -0.25) is 9.69 Å². The van der Waals surface area contributed by atoms with Crippen molar-refractivity contribution in [1.29, 1.82) is 0 Å². The molecule has 0 bridgehead atoms. The Labute approximate surface area is 111 Å². The number of fused-ring (bicyclic) bond motifs is 3. The van der Waals surface area contributed by atoms with Gasteiger partial charge in [-0.25, -0.2) is 4.79 Å². The topological polar surface area (TPSA) is 87.5 Å². The molecule has 0 aromatic rings. The summed E-state index contributed by atoms with van der Waals surface area (Å²) in [6.07, 6.45) is 7.45. The van der Waals surface area contributed by atoms with E-state index in [2.05, 4.69) is 10.6 Å². The first-order chi connectivity index (χ1) is 9.08. The van der Waals surface area contributed by atoms with Crippen LogP contribution in [0.25, 0.3) is 0 Å². The van der Waals surface area contributed by atoms with Crippen LogP contribution < -0.4 is 16.4 Å². The summed E-state index contributed by atoms with van der Waals surface area (Å²) in [5.74, 6) is 0.105. The maximum Gasteiger partial charge on any atom is 0.320 e. The SMILES string of the molecule is CC1NC(=O)CC2=CN(C(N)=O)C3NC=CC=C3C21. The molecule has 0 aliphatic carbocycles. The molecule has 6 nitrogen and oxygen atoms in total. The van der Waals surface area contributed by atoms with Gasteiger partial charge in [0.1, 0.15) is 6.17 Å². The fourth-order valence-corrected chi connectivity index (χ4v) is 3.09. The van der Waals surface area contributed by atoms with E-state index in [1.54, 1.807) is 12.4 Å². The summed E-state index contributed by atoms with van der Waals surface area (Å²) in [5, 5.41) is 6.08. The van der Waals surface area contributed by atoms with Crippen molar-refractivity contribution in [3.63, 3.8) is 0 Å². The number of urea groups is 1. The van der Waals surface area contributed by atoms with Crippen LogP contribution in [0.2, 0.25) is 0 Å². The zero-order valence-electron chi connectivity index (χ0n) is 10.6. The quantitative estimate of drug-likeness (QED) is 0.579. The van der Waals surface area contributed by atoms with E-state index in [1.165, 1.54) is 4.90 Å². The molecule has 3 aliphatic rings. The summed E-state index contributed by atoms with van der Waals surface area (Å²) in [4.78, 5) is 24.6. The van der Waals surface area contributed by atoms with Crippen molar-refractivity contribution in [2.45, 2.75) is 25.6 Å². The number of nitrogens with zero attached hydrogens (tertiary/aromatic N) is 1. The molecule has 0 saturated carbocycles. The second kappa shape index (κ2) is 4.15. The number of rotatable bonds is 0. The highest BCUT2D eigenvalue weighted by atomic mass is 16.2. The summed E-state index contributed by atoms with van der Waals surface area (Å²) in [6.45, 7) is 1.98. The molecule has 1 fully saturated rings. The number of amides is 3. The van der Waals surface area contributed by atoms with Crippen LogP contribution in [-0.2, 0) is 4.79 Å². The smallest absolute Gasteiger partial charge is 0.320 e. The number of primary amides is 1. The van der Waals surface area contributed by atoms with Crippen molar-refractivity contribution in [3.05, 3.63) is 35.7 Å². The molecule has 3 heterocycles. The fourth-order valence-electron chi connectivity index (χ4n) is 3.09. The minimum Gasteiger partial charge on any atom is -0.367 e. The summed E-state index contributed by atoms with van der Waals surface area (Å²) in [7, 11) is 0. The highest BCUT2D eigenvalue weighted by Gasteiger charge is 2.41. The Balaban J connectivity index is 2.07. The predicted octanol–water partition coefficient (Wildman–Crippen LogP) is 0.159. The second-order valence-electron chi connectivity index (χ2n) is 5.06. The molecule has 1 saturated heterocycles. The summed E-state index contributed by atoms with van der Waals surface area (Å²) >= 11 is 0. The van der Waals surface area contributed by atoms with Gasteiger partial charge >= 0.3 is 6.03 Å². The number of allylic oxidation sites excluding steroid dienone is 2. The molecule has 0 aromatic carbocycles. The third kappa shape index (κ3) is 1.80. The molecular formula is C13H16N4O2. The van der Waals surface area contributed by atoms with Crippen LogP contribution in [0.1, 0.15) is 13.3 Å². The van der Waals surface area contributed by atoms with Gasteiger partial charge in [0.15, 0.2) is 0 Å². The lowest BCUT2D eigenvalue weighted by molar-refractivity contribution is -0.122. The molecule has 3 rings (SSSR count). The Kier molecular flexibility index (Phi) is 2.58. The molecule has 0 radical (unpaired) electrons. The number of carbonyl (C=O) groups is 2. The Bertz CT molecular complexity index is 535. The van der Waals surface area contributed by atoms with Crippen LogP contribution in [0, 0.1) is 5.92 Å². The van der Waals surface area contributed by atoms with E-state index >= 15 is 0 Å². The Hall–Kier alpha value is -2.24. The summed E-state index contributed by atoms with van der Waals surface area (Å²) < 4.78 is 0. The maximum absolute atomic E-state index is 11.6. The number of nitrogens with one attached hydrogen (secondary N) is 2. The van der Waals surface area contributed by atoms with Crippen molar-refractivity contribution in [2.75, 3.05) is 0 Å². The normalized spacial score (nSPS) is 32.4. The molecule has 0 spiro atoms. The summed E-state index contributed by atoms with van der Waals surface area (Å²) in [6, 6.07) is -0.507. The number of carbonyl (C=O) groups excluding carboxylic acids is 2. The van der Waals surface area contributed by atoms with Crippen molar-refractivity contribution in [2.24, 2.45) is 11.7 Å². The summed E-state index contributed by atoms with van der Waals surface area (Å²) in [5.41, 5.74) is 7.42. The Morgan fingerprint density at radius 1 is 1.53 bits per heavy atom. The zero-order valence-corrected chi connectivity index (χ0v) is 10.6. The lowest BCUT2D eigenvalue weighted by Gasteiger charge is -2.44. The van der Waals surface area contributed by atoms with Crippen LogP contribution >= 0.6 is 0 Å². The van der Waals surface area contributed by atoms with Crippen LogP contribution in [0.15, 0.2) is 35.7 Å². The van der Waals surface area contributed by atoms with Crippen LogP contribution in [0.3, 0.4) is 0 Å². The lowest BCUT2D eigenvalue weighted by Crippen LogP contribution is -2.57. The minimum absolute atomic E-state index is 0.0159. The molecule has 3 aliphatic heterocycles. The van der Waals surface area contributed by atoms with Crippen LogP contribution in [0.4, 0.5) is 4.79 Å². The van der Waals surface area contributed by atoms with E-state index in [0.717, 1.165) is 11.1 Å². The van der Waals surface area contributed by atoms with Gasteiger partial charge in [-0.15, -0.1) is 0 Å². The van der Waals surface area contributed by atoms with E-state index in [-0.39, 0.29) is 24.0 Å². The Morgan fingerprint density at radius 3 is 3.05 bits per heavy atom. The van der Waals surface area contributed by atoms with Gasteiger partial charge in [-0.1, -0.05) is 6.08 Å². The van der Waals surface area contributed by atoms with Gasteiger partial charge in [0.2, 0.25) is 5.91 Å². The van der Waals surface area contributed by atoms with Gasteiger partial charge in [-0.05, 0) is 30.3 Å². The van der Waals surface area contributed by atoms with E-state index in [4.69, 9.17) is 5.73 Å². The average Bonchev–Trinajstić information content (AvgIpc) is 2.36. The van der Waals surface area contributed by atoms with Crippen molar-refractivity contribution in [3.8, 4) is 0 Å². The first-order valence-corrected chi connectivity index (χ1v) is 6.28. The van der Waals surface area contributed by atoms with Gasteiger partial charge < -0.3 is 16.4 Å². The van der Waals surface area contributed by atoms with E-state index < -0.39 is 6.03 Å². The van der Waals surface area contributed by atoms with Crippen molar-refractivity contribution >= 4 is 11.9 Å². The third-order valence-electron chi connectivity index (χ3n) is 3.80. The molecule has 3 unspecified atom stereocenters. The number of dihydropyridines is 1. The highest BCUT2D eigenvalue weighted by Crippen LogP contribution is 2.37. The lowest BCUT2D eigenvalue weighted by atomic mass is 9.77. The number of nitrogens with two attached hydrogens (primary N) is 1. The first kappa shape index (κ1) is 11.8. The molecule has 0 aromatic heterocycles. The van der Waals surface area contributed by atoms with Crippen LogP contribution in [-0.4, -0.2) is 29.0 Å². The van der Waals surface area contributed by atoms with Gasteiger partial charge in [0, 0.05) is 24.6 Å². The molecule has 19 heavy (non-hydrogen) atoms. The van der Waals surface area contributed by atoms with E-state index in [1.807, 2.05) is 19.1 Å². The Morgan fingerprint density at radius 2 is 2.32 bits per heavy atom. The van der Waals surface area contributed by atoms with Crippen LogP contribution in [0.5, 0.6) is 0 Å². The van der Waals surface area contributed by atoms with E-state index in [0.29, 0.717) is 6.42 Å². The fraction of sp³-hybridized carbons (Fsp3) is 0.385. The zero-order chi connectivity index (χ0) is 13.6. The van der Waals surface area contributed by atoms with Crippen molar-refractivity contribution in [1.82, 2.24) is 15.5 Å². The predicted molar refractivity (Wildman–Crippen MR) is 69.4 cm³/mol. The number of piperidine rings is 1. The largest absolute Gasteiger partial charge is 0.367 e. The maximum atomic E-state index is 11.6. The third-order valence-corrected chi connectivity index (χ3v) is 3.80. The molecule has 3 amide bonds. The van der Waals surface area contributed by atoms with Gasteiger partial charge in [0.25, 0.3) is 0 Å². The van der Waals surface area contributed by atoms with E-state index in [9.17, 15) is 9.59 Å². The minimum atomic E-state index is -0.525. The highest BCUT2D eigenvalue weighted by molar-refractivity contribution is 5.82. The number of hydrogen-bond acceptors (Lipinski definition) is 3. The molecule has 4 N–H and O–H groups in total. The van der Waals surface area contributed by atoms with Crippen molar-refractivity contribution < 1.29 is 9.59 Å². The first-order valence-electron chi connectivity index (χ1n) is 6.28. The number of hydrogen-bond donors (Lipinski definition) is 3. The molecule has 3 atom stereocenters. The molecule has 100 valence electrons. The standard InChI is InChI=1S/C13H16N4O2/c1-7-11-8(5-10(18)16-7)6-17(13(14)19)12-9(11)3-2-4-15-12/h2-4,6-7,11-12,15H,5H2,1H3,(H2,14,19)(H,16,18). The van der Waals surface area contributed by atoms with Gasteiger partial charge in [0.05, 0.1) is 0 Å². The second-order valence-corrected chi connectivity index (χ2v) is 5.06. The average molecular weight is 260 g/mol. The molecule has 6 heteroatoms. The monoisotopic (exact) mass is 260 g/mol. The van der Waals surface area contributed by atoms with Gasteiger partial charge in [-0.2, -0.15) is 0 Å². The molecular weight excluding hydrogens is 244 g/mol.